The lowest BCUT2D eigenvalue weighted by atomic mass is 9.84. The summed E-state index contributed by atoms with van der Waals surface area (Å²) in [6, 6.07) is 19.4. The Morgan fingerprint density at radius 2 is 0.967 bits per heavy atom. The number of primary amides is 2. The molecule has 3 rings (SSSR count). The molecule has 0 atom stereocenters. The van der Waals surface area contributed by atoms with Crippen molar-refractivity contribution in [1.29, 1.82) is 0 Å². The fourth-order valence-electron chi connectivity index (χ4n) is 3.94. The maximum Gasteiger partial charge on any atom is 0.249 e. The van der Waals surface area contributed by atoms with E-state index in [0.29, 0.717) is 22.3 Å². The van der Waals surface area contributed by atoms with E-state index in [0.717, 1.165) is 22.3 Å². The van der Waals surface area contributed by atoms with E-state index in [1.807, 2.05) is 42.5 Å². The van der Waals surface area contributed by atoms with Crippen LogP contribution in [0.2, 0.25) is 0 Å². The Balaban J connectivity index is 2.43. The molecule has 3 aromatic carbocycles. The number of rotatable bonds is 6. The molecule has 4 nitrogen and oxygen atoms in total. The molecule has 3 aromatic rings. The standard InChI is InChI=1S/C26H28N2O2/c1-15(2)17-9-5-7-11-19(17)21-13-22(20-12-8-6-10-18(20)16(3)4)24(26(28)30)14-23(21)25(27)29/h5-16H,1-4H3,(H2,27,29)(H2,28,30). The summed E-state index contributed by atoms with van der Waals surface area (Å²) in [5.74, 6) is -0.669. The zero-order valence-corrected chi connectivity index (χ0v) is 17.9. The van der Waals surface area contributed by atoms with Gasteiger partial charge in [0.2, 0.25) is 11.8 Å². The van der Waals surface area contributed by atoms with Gasteiger partial charge in [0.1, 0.15) is 0 Å². The minimum Gasteiger partial charge on any atom is -0.366 e. The van der Waals surface area contributed by atoms with E-state index < -0.39 is 11.8 Å². The van der Waals surface area contributed by atoms with Crippen LogP contribution in [0.1, 0.15) is 71.4 Å². The third-order valence-corrected chi connectivity index (χ3v) is 5.43. The van der Waals surface area contributed by atoms with Crippen LogP contribution < -0.4 is 11.5 Å². The Bertz CT molecular complexity index is 1030. The van der Waals surface area contributed by atoms with Gasteiger partial charge in [0.15, 0.2) is 0 Å². The van der Waals surface area contributed by atoms with Gasteiger partial charge in [-0.15, -0.1) is 0 Å². The van der Waals surface area contributed by atoms with Gasteiger partial charge >= 0.3 is 0 Å². The van der Waals surface area contributed by atoms with Gasteiger partial charge in [-0.1, -0.05) is 76.2 Å². The summed E-state index contributed by atoms with van der Waals surface area (Å²) in [4.78, 5) is 24.7. The fraction of sp³-hybridized carbons (Fsp3) is 0.231. The minimum absolute atomic E-state index is 0.254. The number of benzene rings is 3. The molecule has 0 saturated heterocycles. The van der Waals surface area contributed by atoms with Gasteiger partial charge in [-0.3, -0.25) is 9.59 Å². The van der Waals surface area contributed by atoms with Crippen LogP contribution in [0, 0.1) is 0 Å². The summed E-state index contributed by atoms with van der Waals surface area (Å²) in [7, 11) is 0. The highest BCUT2D eigenvalue weighted by atomic mass is 16.1. The molecule has 0 bridgehead atoms. The van der Waals surface area contributed by atoms with Crippen LogP contribution in [0.25, 0.3) is 22.3 Å². The second-order valence-corrected chi connectivity index (χ2v) is 8.16. The topological polar surface area (TPSA) is 86.2 Å². The van der Waals surface area contributed by atoms with Crippen molar-refractivity contribution in [2.45, 2.75) is 39.5 Å². The highest BCUT2D eigenvalue weighted by molar-refractivity contribution is 6.08. The first-order chi connectivity index (χ1) is 14.2. The Morgan fingerprint density at radius 3 is 1.30 bits per heavy atom. The average molecular weight is 401 g/mol. The highest BCUT2D eigenvalue weighted by Crippen LogP contribution is 2.38. The SMILES string of the molecule is CC(C)c1ccccc1-c1cc(-c2ccccc2C(C)C)c(C(N)=O)cc1C(N)=O. The molecule has 0 aliphatic rings. The zero-order valence-electron chi connectivity index (χ0n) is 17.9. The molecule has 4 N–H and O–H groups in total. The second-order valence-electron chi connectivity index (χ2n) is 8.16. The smallest absolute Gasteiger partial charge is 0.249 e. The maximum atomic E-state index is 12.3. The van der Waals surface area contributed by atoms with Gasteiger partial charge in [0.25, 0.3) is 0 Å². The molecule has 0 aromatic heterocycles. The molecule has 0 spiro atoms. The Kier molecular flexibility index (Phi) is 6.06. The lowest BCUT2D eigenvalue weighted by Crippen LogP contribution is -2.18. The number of hydrogen-bond acceptors (Lipinski definition) is 2. The Hall–Kier alpha value is -3.40. The van der Waals surface area contributed by atoms with Crippen molar-refractivity contribution in [3.63, 3.8) is 0 Å². The summed E-state index contributed by atoms with van der Waals surface area (Å²) in [5.41, 5.74) is 17.5. The first kappa shape index (κ1) is 21.3. The molecular weight excluding hydrogens is 372 g/mol. The fourth-order valence-corrected chi connectivity index (χ4v) is 3.94. The van der Waals surface area contributed by atoms with E-state index in [2.05, 4.69) is 39.8 Å². The van der Waals surface area contributed by atoms with Gasteiger partial charge in [-0.2, -0.15) is 0 Å². The molecule has 30 heavy (non-hydrogen) atoms. The Morgan fingerprint density at radius 1 is 0.600 bits per heavy atom. The molecule has 0 heterocycles. The minimum atomic E-state index is -0.588. The number of hydrogen-bond donors (Lipinski definition) is 2. The summed E-state index contributed by atoms with van der Waals surface area (Å²) in [6.07, 6.45) is 0. The van der Waals surface area contributed by atoms with Crippen LogP contribution in [0.3, 0.4) is 0 Å². The van der Waals surface area contributed by atoms with Gasteiger partial charge < -0.3 is 11.5 Å². The molecule has 4 heteroatoms. The van der Waals surface area contributed by atoms with E-state index in [1.165, 1.54) is 0 Å². The predicted octanol–water partition coefficient (Wildman–Crippen LogP) is 5.47. The summed E-state index contributed by atoms with van der Waals surface area (Å²) in [6.45, 7) is 8.43. The number of carbonyl (C=O) groups is 2. The van der Waals surface area contributed by atoms with Crippen molar-refractivity contribution >= 4 is 11.8 Å². The molecule has 2 amide bonds. The molecular formula is C26H28N2O2. The predicted molar refractivity (Wildman–Crippen MR) is 123 cm³/mol. The quantitative estimate of drug-likeness (QED) is 0.575. The van der Waals surface area contributed by atoms with Crippen molar-refractivity contribution < 1.29 is 9.59 Å². The van der Waals surface area contributed by atoms with Crippen LogP contribution in [0.4, 0.5) is 0 Å². The average Bonchev–Trinajstić information content (AvgIpc) is 2.72. The van der Waals surface area contributed by atoms with Crippen LogP contribution in [-0.4, -0.2) is 11.8 Å². The van der Waals surface area contributed by atoms with Gasteiger partial charge in [0, 0.05) is 11.1 Å². The van der Waals surface area contributed by atoms with Crippen molar-refractivity contribution in [3.05, 3.63) is 82.9 Å². The monoisotopic (exact) mass is 400 g/mol. The second kappa shape index (κ2) is 8.54. The van der Waals surface area contributed by atoms with Gasteiger partial charge in [-0.05, 0) is 57.3 Å². The first-order valence-corrected chi connectivity index (χ1v) is 10.2. The van der Waals surface area contributed by atoms with E-state index in [-0.39, 0.29) is 11.8 Å². The van der Waals surface area contributed by atoms with Crippen molar-refractivity contribution in [2.24, 2.45) is 11.5 Å². The molecule has 0 fully saturated rings. The maximum absolute atomic E-state index is 12.3. The molecule has 154 valence electrons. The van der Waals surface area contributed by atoms with Crippen LogP contribution >= 0.6 is 0 Å². The largest absolute Gasteiger partial charge is 0.366 e. The van der Waals surface area contributed by atoms with Crippen molar-refractivity contribution in [3.8, 4) is 22.3 Å². The summed E-state index contributed by atoms with van der Waals surface area (Å²) in [5, 5.41) is 0. The third-order valence-electron chi connectivity index (χ3n) is 5.43. The van der Waals surface area contributed by atoms with Gasteiger partial charge in [0.05, 0.1) is 0 Å². The van der Waals surface area contributed by atoms with Gasteiger partial charge in [-0.25, -0.2) is 0 Å². The van der Waals surface area contributed by atoms with Crippen LogP contribution in [0.15, 0.2) is 60.7 Å². The molecule has 0 aliphatic heterocycles. The zero-order chi connectivity index (χ0) is 22.0. The molecule has 0 radical (unpaired) electrons. The molecule has 0 saturated carbocycles. The lowest BCUT2D eigenvalue weighted by Gasteiger charge is -2.20. The molecule has 0 unspecified atom stereocenters. The highest BCUT2D eigenvalue weighted by Gasteiger charge is 2.22. The van der Waals surface area contributed by atoms with E-state index in [9.17, 15) is 9.59 Å². The number of carbonyl (C=O) groups excluding carboxylic acids is 2. The summed E-state index contributed by atoms with van der Waals surface area (Å²) < 4.78 is 0. The number of amides is 2. The van der Waals surface area contributed by atoms with E-state index in [1.54, 1.807) is 6.07 Å². The van der Waals surface area contributed by atoms with E-state index >= 15 is 0 Å². The van der Waals surface area contributed by atoms with Crippen LogP contribution in [0.5, 0.6) is 0 Å². The lowest BCUT2D eigenvalue weighted by molar-refractivity contribution is 0.0999. The third kappa shape index (κ3) is 3.99. The van der Waals surface area contributed by atoms with Crippen LogP contribution in [-0.2, 0) is 0 Å². The summed E-state index contributed by atoms with van der Waals surface area (Å²) >= 11 is 0. The number of nitrogens with two attached hydrogens (primary N) is 2. The molecule has 0 aliphatic carbocycles. The Labute approximate surface area is 177 Å². The van der Waals surface area contributed by atoms with Crippen molar-refractivity contribution in [1.82, 2.24) is 0 Å². The van der Waals surface area contributed by atoms with Crippen molar-refractivity contribution in [2.75, 3.05) is 0 Å². The van der Waals surface area contributed by atoms with E-state index in [4.69, 9.17) is 11.5 Å². The normalized spacial score (nSPS) is 11.1. The first-order valence-electron chi connectivity index (χ1n) is 10.2.